The third-order valence-electron chi connectivity index (χ3n) is 13.7. The number of benzene rings is 2. The second-order valence-corrected chi connectivity index (χ2v) is 18.0. The van der Waals surface area contributed by atoms with E-state index in [2.05, 4.69) is 70.3 Å². The molecule has 342 valence electrons. The number of fused-ring (bicyclic) bond motifs is 3. The molecule has 2 saturated heterocycles. The molecule has 4 atom stereocenters. The van der Waals surface area contributed by atoms with Crippen LogP contribution in [0.4, 0.5) is 0 Å². The van der Waals surface area contributed by atoms with Gasteiger partial charge in [0.15, 0.2) is 5.65 Å². The van der Waals surface area contributed by atoms with Crippen LogP contribution in [0.25, 0.3) is 38.9 Å². The van der Waals surface area contributed by atoms with Gasteiger partial charge >= 0.3 is 5.69 Å². The summed E-state index contributed by atoms with van der Waals surface area (Å²) >= 11 is 0. The highest BCUT2D eigenvalue weighted by molar-refractivity contribution is 5.99. The zero-order chi connectivity index (χ0) is 46.1. The summed E-state index contributed by atoms with van der Waals surface area (Å²) in [6.07, 6.45) is 13.8. The molecule has 0 bridgehead atoms. The summed E-state index contributed by atoms with van der Waals surface area (Å²) < 4.78 is 1.48. The first kappa shape index (κ1) is 43.4. The molecule has 0 radical (unpaired) electrons. The Morgan fingerprint density at radius 3 is 2.37 bits per heavy atom. The number of imidazole rings is 1. The van der Waals surface area contributed by atoms with Crippen molar-refractivity contribution in [2.45, 2.75) is 88.0 Å². The van der Waals surface area contributed by atoms with Crippen LogP contribution in [0, 0.1) is 0 Å². The number of aromatic amines is 2. The number of rotatable bonds is 14. The predicted octanol–water partition coefficient (Wildman–Crippen LogP) is 4.52. The molecule has 4 amide bonds. The van der Waals surface area contributed by atoms with Crippen LogP contribution in [0.1, 0.15) is 73.5 Å². The summed E-state index contributed by atoms with van der Waals surface area (Å²) in [5.41, 5.74) is 6.28. The minimum absolute atomic E-state index is 0.0328. The van der Waals surface area contributed by atoms with Crippen LogP contribution in [-0.4, -0.2) is 112 Å². The molecular weight excluding hydrogens is 849 g/mol. The van der Waals surface area contributed by atoms with Crippen LogP contribution in [-0.2, 0) is 26.3 Å². The van der Waals surface area contributed by atoms with Gasteiger partial charge in [-0.3, -0.25) is 29.1 Å². The highest BCUT2D eigenvalue weighted by Gasteiger charge is 2.44. The Labute approximate surface area is 385 Å². The van der Waals surface area contributed by atoms with Crippen molar-refractivity contribution in [1.29, 1.82) is 0 Å². The Bertz CT molecular complexity index is 2990. The lowest BCUT2D eigenvalue weighted by Gasteiger charge is -2.44. The number of carbonyl (C=O) groups is 4. The van der Waals surface area contributed by atoms with Gasteiger partial charge in [-0.1, -0.05) is 54.6 Å². The van der Waals surface area contributed by atoms with E-state index in [1.54, 1.807) is 42.7 Å². The second kappa shape index (κ2) is 18.4. The van der Waals surface area contributed by atoms with Crippen molar-refractivity contribution in [3.8, 4) is 22.4 Å². The summed E-state index contributed by atoms with van der Waals surface area (Å²) in [7, 11) is 0. The fourth-order valence-corrected chi connectivity index (χ4v) is 10.1. The lowest BCUT2D eigenvalue weighted by atomic mass is 9.71. The van der Waals surface area contributed by atoms with Crippen molar-refractivity contribution in [3.05, 3.63) is 137 Å². The molecule has 5 aromatic heterocycles. The van der Waals surface area contributed by atoms with Crippen LogP contribution < -0.4 is 21.6 Å². The highest BCUT2D eigenvalue weighted by Crippen LogP contribution is 2.43. The maximum absolute atomic E-state index is 14.5. The molecule has 17 heteroatoms. The largest absolute Gasteiger partial charge is 0.350 e. The number of hydrogen-bond donors (Lipinski definition) is 5. The Hall–Kier alpha value is -7.53. The number of carbonyl (C=O) groups excluding carboxylic acids is 4. The molecule has 2 aromatic carbocycles. The summed E-state index contributed by atoms with van der Waals surface area (Å²) in [5, 5.41) is 17.1. The quantitative estimate of drug-likeness (QED) is 0.103. The van der Waals surface area contributed by atoms with Crippen molar-refractivity contribution >= 4 is 40.2 Å². The summed E-state index contributed by atoms with van der Waals surface area (Å²) in [6.45, 7) is 3.16. The molecule has 3 aliphatic rings. The summed E-state index contributed by atoms with van der Waals surface area (Å²) in [6, 6.07) is 23.1. The first-order chi connectivity index (χ1) is 32.6. The van der Waals surface area contributed by atoms with Crippen LogP contribution >= 0.6 is 0 Å². The highest BCUT2D eigenvalue weighted by atomic mass is 16.2. The minimum Gasteiger partial charge on any atom is -0.350 e. The topological polar surface area (TPSA) is 215 Å². The number of amides is 4. The Balaban J connectivity index is 0.838. The molecule has 7 heterocycles. The van der Waals surface area contributed by atoms with Gasteiger partial charge in [0.25, 0.3) is 5.91 Å². The van der Waals surface area contributed by atoms with Crippen molar-refractivity contribution in [2.24, 2.45) is 0 Å². The monoisotopic (exact) mass is 900 g/mol. The Morgan fingerprint density at radius 1 is 0.851 bits per heavy atom. The first-order valence-electron chi connectivity index (χ1n) is 23.1. The van der Waals surface area contributed by atoms with Gasteiger partial charge in [-0.15, -0.1) is 0 Å². The van der Waals surface area contributed by atoms with Gasteiger partial charge in [-0.05, 0) is 93.8 Å². The first-order valence-corrected chi connectivity index (χ1v) is 23.1. The van der Waals surface area contributed by atoms with Gasteiger partial charge in [0.1, 0.15) is 12.1 Å². The third kappa shape index (κ3) is 8.69. The maximum atomic E-state index is 14.5. The number of hydrogen-bond acceptors (Lipinski definition) is 10. The molecule has 67 heavy (non-hydrogen) atoms. The van der Waals surface area contributed by atoms with Crippen LogP contribution in [0.15, 0.2) is 115 Å². The van der Waals surface area contributed by atoms with E-state index >= 15 is 0 Å². The molecule has 0 unspecified atom stereocenters. The SMILES string of the molecule is C[C@@H](NC(=O)c1ccncc1)C(=O)N1CCC[C@H]1C(=O)N[C@@H](Cc1cnc[nH]1)CN1CCC[C@H]1C(=O)NC1(c2ccc(-c3nc4ccn5c(=O)[nH]nc5c4cc3-c3ccccc3)cc2)CCC1. The number of aromatic nitrogens is 7. The molecule has 1 saturated carbocycles. The average molecular weight is 901 g/mol. The molecule has 0 spiro atoms. The molecule has 17 nitrogen and oxygen atoms in total. The zero-order valence-electron chi connectivity index (χ0n) is 37.2. The zero-order valence-corrected chi connectivity index (χ0v) is 37.2. The normalized spacial score (nSPS) is 18.9. The standard InChI is InChI=1S/C50H52N12O5/c1-31(54-45(63)34-16-21-51-22-17-34)48(66)61-24-6-11-42(61)46(64)55-37(26-36-28-52-30-53-36)29-60-23-5-10-41(60)47(65)57-50(19-7-20-50)35-14-12-33(13-15-35)43-38(32-8-3-2-4-9-32)27-39-40(56-43)18-25-62-44(39)58-59-49(62)67/h2-4,8-9,12-18,21-22,25,27-28,30-31,37,41-42H,5-7,10-11,19-20,23-24,26,29H2,1H3,(H,52,53)(H,54,63)(H,55,64)(H,57,65)(H,59,67)/t31-,37+,41+,42+/m1/s1. The number of nitrogens with zero attached hydrogens (tertiary/aromatic N) is 7. The minimum atomic E-state index is -0.838. The molecule has 2 aliphatic heterocycles. The molecule has 5 N–H and O–H groups in total. The maximum Gasteiger partial charge on any atom is 0.347 e. The average Bonchev–Trinajstić information content (AvgIpc) is 4.19. The van der Waals surface area contributed by atoms with Crippen LogP contribution in [0.2, 0.25) is 0 Å². The Morgan fingerprint density at radius 2 is 1.63 bits per heavy atom. The summed E-state index contributed by atoms with van der Waals surface area (Å²) in [5.74, 6) is -1.00. The number of pyridine rings is 3. The molecular formula is C50H52N12O5. The van der Waals surface area contributed by atoms with Crippen LogP contribution in [0.3, 0.4) is 0 Å². The molecule has 7 aromatic rings. The van der Waals surface area contributed by atoms with Crippen LogP contribution in [0.5, 0.6) is 0 Å². The van der Waals surface area contributed by atoms with Gasteiger partial charge in [-0.25, -0.2) is 24.3 Å². The fourth-order valence-electron chi connectivity index (χ4n) is 10.1. The predicted molar refractivity (Wildman–Crippen MR) is 250 cm³/mol. The van der Waals surface area contributed by atoms with Gasteiger partial charge in [0.2, 0.25) is 17.7 Å². The Kier molecular flexibility index (Phi) is 11.9. The van der Waals surface area contributed by atoms with Gasteiger partial charge in [0.05, 0.1) is 29.1 Å². The fraction of sp³-hybridized carbons (Fsp3) is 0.340. The third-order valence-corrected chi connectivity index (χ3v) is 13.7. The van der Waals surface area contributed by atoms with Gasteiger partial charge < -0.3 is 25.8 Å². The number of H-pyrrole nitrogens is 2. The van der Waals surface area contributed by atoms with Crippen molar-refractivity contribution in [2.75, 3.05) is 19.6 Å². The van der Waals surface area contributed by atoms with Crippen molar-refractivity contribution in [1.82, 2.24) is 60.3 Å². The van der Waals surface area contributed by atoms with Gasteiger partial charge in [-0.2, -0.15) is 5.10 Å². The lowest BCUT2D eigenvalue weighted by molar-refractivity contribution is -0.140. The van der Waals surface area contributed by atoms with E-state index in [-0.39, 0.29) is 41.4 Å². The van der Waals surface area contributed by atoms with E-state index in [0.29, 0.717) is 62.0 Å². The van der Waals surface area contributed by atoms with E-state index in [1.807, 2.05) is 42.5 Å². The molecule has 1 aliphatic carbocycles. The van der Waals surface area contributed by atoms with Crippen molar-refractivity contribution < 1.29 is 19.2 Å². The molecule has 3 fully saturated rings. The van der Waals surface area contributed by atoms with E-state index < -0.39 is 17.6 Å². The van der Waals surface area contributed by atoms with Gasteiger partial charge in [0, 0.05) is 78.1 Å². The lowest BCUT2D eigenvalue weighted by Crippen LogP contribution is -2.58. The van der Waals surface area contributed by atoms with E-state index in [9.17, 15) is 24.0 Å². The molecule has 10 rings (SSSR count). The van der Waals surface area contributed by atoms with Crippen molar-refractivity contribution in [3.63, 3.8) is 0 Å². The summed E-state index contributed by atoms with van der Waals surface area (Å²) in [4.78, 5) is 87.6. The second-order valence-electron chi connectivity index (χ2n) is 18.0. The van der Waals surface area contributed by atoms with E-state index in [4.69, 9.17) is 4.98 Å². The number of nitrogens with one attached hydrogen (secondary N) is 5. The smallest absolute Gasteiger partial charge is 0.347 e. The number of likely N-dealkylation sites (tertiary alicyclic amines) is 2. The van der Waals surface area contributed by atoms with E-state index in [0.717, 1.165) is 64.7 Å². The van der Waals surface area contributed by atoms with E-state index in [1.165, 1.54) is 16.8 Å².